The third kappa shape index (κ3) is 5.18. The number of rotatable bonds is 3. The molecule has 4 N–H and O–H groups in total. The van der Waals surface area contributed by atoms with E-state index in [1.54, 1.807) is 17.4 Å². The van der Waals surface area contributed by atoms with Crippen LogP contribution >= 0.6 is 11.9 Å². The van der Waals surface area contributed by atoms with Gasteiger partial charge in [-0.15, -0.1) is 0 Å². The maximum atomic E-state index is 5.70. The Kier molecular flexibility index (Phi) is 6.26. The molecule has 0 atom stereocenters. The molecule has 1 aliphatic rings. The summed E-state index contributed by atoms with van der Waals surface area (Å²) in [5.74, 6) is 12.0. The summed E-state index contributed by atoms with van der Waals surface area (Å²) in [6.07, 6.45) is 4.17. The van der Waals surface area contributed by atoms with Crippen molar-refractivity contribution in [1.82, 2.24) is 9.29 Å². The molecular formula is C20H23N4S+. The van der Waals surface area contributed by atoms with Crippen molar-refractivity contribution in [2.75, 3.05) is 13.1 Å². The van der Waals surface area contributed by atoms with Crippen molar-refractivity contribution in [3.8, 4) is 11.8 Å². The first-order chi connectivity index (χ1) is 12.2. The van der Waals surface area contributed by atoms with E-state index in [0.29, 0.717) is 0 Å². The monoisotopic (exact) mass is 351 g/mol. The Morgan fingerprint density at radius 3 is 2.72 bits per heavy atom. The average molecular weight is 351 g/mol. The van der Waals surface area contributed by atoms with Crippen molar-refractivity contribution < 1.29 is 5.43 Å². The van der Waals surface area contributed by atoms with Crippen molar-refractivity contribution in [2.45, 2.75) is 24.7 Å². The number of aromatic nitrogens is 1. The highest BCUT2D eigenvalue weighted by molar-refractivity contribution is 7.97. The van der Waals surface area contributed by atoms with Gasteiger partial charge < -0.3 is 0 Å². The standard InChI is InChI=1S/C20H22N4S/c1-16-6-4-8-18(22-16)9-5-7-17-12-14-24(15-13-17)25-20-11-3-2-10-19(20)23-21/h2-4,6-8,10-11,23H,12-15,21H2,1H3/p+1. The number of benzene rings is 1. The Morgan fingerprint density at radius 2 is 1.96 bits per heavy atom. The highest BCUT2D eigenvalue weighted by Gasteiger charge is 2.16. The van der Waals surface area contributed by atoms with Crippen LogP contribution in [-0.4, -0.2) is 22.4 Å². The third-order valence-electron chi connectivity index (χ3n) is 4.06. The summed E-state index contributed by atoms with van der Waals surface area (Å²) in [5, 5.41) is 0. The van der Waals surface area contributed by atoms with E-state index >= 15 is 0 Å². The van der Waals surface area contributed by atoms with Gasteiger partial charge in [0.05, 0.1) is 4.90 Å². The van der Waals surface area contributed by atoms with E-state index < -0.39 is 0 Å². The van der Waals surface area contributed by atoms with Crippen LogP contribution in [0.15, 0.2) is 59.0 Å². The van der Waals surface area contributed by atoms with Crippen LogP contribution in [0, 0.1) is 18.8 Å². The Labute approximate surface area is 153 Å². The summed E-state index contributed by atoms with van der Waals surface area (Å²) in [7, 11) is 0. The SMILES string of the molecule is Cc1cccc(C#CC=C2CCN(Sc3ccccc3[NH2+]N)CC2)n1. The van der Waals surface area contributed by atoms with E-state index in [4.69, 9.17) is 5.84 Å². The van der Waals surface area contributed by atoms with Gasteiger partial charge in [0, 0.05) is 24.8 Å². The second-order valence-corrected chi connectivity index (χ2v) is 7.10. The van der Waals surface area contributed by atoms with Crippen molar-refractivity contribution >= 4 is 17.6 Å². The van der Waals surface area contributed by atoms with Gasteiger partial charge in [-0.1, -0.05) is 29.7 Å². The van der Waals surface area contributed by atoms with Gasteiger partial charge in [0.25, 0.3) is 0 Å². The Balaban J connectivity index is 1.55. The minimum Gasteiger partial charge on any atom is -0.246 e. The molecule has 2 aromatic rings. The zero-order valence-corrected chi connectivity index (χ0v) is 15.2. The van der Waals surface area contributed by atoms with Gasteiger partial charge in [0.2, 0.25) is 0 Å². The van der Waals surface area contributed by atoms with Crippen LogP contribution < -0.4 is 11.3 Å². The molecule has 128 valence electrons. The van der Waals surface area contributed by atoms with Gasteiger partial charge in [-0.25, -0.2) is 14.7 Å². The average Bonchev–Trinajstić information content (AvgIpc) is 2.64. The van der Waals surface area contributed by atoms with Crippen molar-refractivity contribution in [3.63, 3.8) is 0 Å². The van der Waals surface area contributed by atoms with E-state index in [2.05, 4.69) is 39.3 Å². The zero-order chi connectivity index (χ0) is 17.5. The van der Waals surface area contributed by atoms with Gasteiger partial charge >= 0.3 is 0 Å². The highest BCUT2D eigenvalue weighted by atomic mass is 32.2. The number of hydrogen-bond acceptors (Lipinski definition) is 4. The second-order valence-electron chi connectivity index (χ2n) is 5.96. The Hall–Kier alpha value is -2.10. The number of quaternary nitrogens is 1. The summed E-state index contributed by atoms with van der Waals surface area (Å²) in [6.45, 7) is 4.04. The van der Waals surface area contributed by atoms with Crippen LogP contribution in [0.5, 0.6) is 0 Å². The molecule has 3 rings (SSSR count). The minimum atomic E-state index is 0.833. The smallest absolute Gasteiger partial charge is 0.163 e. The molecule has 1 saturated heterocycles. The second kappa shape index (κ2) is 8.84. The molecule has 5 heteroatoms. The van der Waals surface area contributed by atoms with Gasteiger partial charge in [0.1, 0.15) is 5.69 Å². The normalized spacial score (nSPS) is 14.7. The van der Waals surface area contributed by atoms with Crippen LogP contribution in [-0.2, 0) is 0 Å². The lowest BCUT2D eigenvalue weighted by atomic mass is 10.1. The maximum absolute atomic E-state index is 5.70. The molecule has 0 aliphatic carbocycles. The van der Waals surface area contributed by atoms with Crippen LogP contribution in [0.2, 0.25) is 0 Å². The molecule has 1 fully saturated rings. The van der Waals surface area contributed by atoms with Crippen LogP contribution in [0.3, 0.4) is 0 Å². The molecule has 0 radical (unpaired) electrons. The highest BCUT2D eigenvalue weighted by Crippen LogP contribution is 2.30. The topological polar surface area (TPSA) is 58.8 Å². The molecule has 1 aliphatic heterocycles. The van der Waals surface area contributed by atoms with Crippen LogP contribution in [0.4, 0.5) is 5.69 Å². The lowest BCUT2D eigenvalue weighted by Gasteiger charge is -2.26. The molecule has 2 heterocycles. The van der Waals surface area contributed by atoms with Gasteiger partial charge in [0.15, 0.2) is 5.69 Å². The summed E-state index contributed by atoms with van der Waals surface area (Å²) in [4.78, 5) is 5.61. The molecule has 1 aromatic heterocycles. The number of allylic oxidation sites excluding steroid dienone is 1. The van der Waals surface area contributed by atoms with Crippen molar-refractivity contribution in [3.05, 3.63) is 65.5 Å². The molecule has 25 heavy (non-hydrogen) atoms. The Bertz CT molecular complexity index is 810. The predicted molar refractivity (Wildman–Crippen MR) is 103 cm³/mol. The number of nitrogens with zero attached hydrogens (tertiary/aromatic N) is 2. The lowest BCUT2D eigenvalue weighted by Crippen LogP contribution is -2.85. The molecular weight excluding hydrogens is 328 g/mol. The number of hydrogen-bond donors (Lipinski definition) is 2. The molecule has 1 aromatic carbocycles. The zero-order valence-electron chi connectivity index (χ0n) is 14.4. The largest absolute Gasteiger partial charge is 0.246 e. The van der Waals surface area contributed by atoms with Gasteiger partial charge in [-0.2, -0.15) is 5.84 Å². The fourth-order valence-corrected chi connectivity index (χ4v) is 3.70. The third-order valence-corrected chi connectivity index (χ3v) is 5.25. The molecule has 4 nitrogen and oxygen atoms in total. The number of nitrogens with two attached hydrogens (primary N) is 2. The van der Waals surface area contributed by atoms with Crippen molar-refractivity contribution in [2.24, 2.45) is 5.84 Å². The molecule has 0 amide bonds. The quantitative estimate of drug-likeness (QED) is 0.293. The van der Waals surface area contributed by atoms with E-state index in [9.17, 15) is 0 Å². The van der Waals surface area contributed by atoms with Crippen LogP contribution in [0.25, 0.3) is 0 Å². The maximum Gasteiger partial charge on any atom is 0.163 e. The van der Waals surface area contributed by atoms with Gasteiger partial charge in [-0.05, 0) is 61.9 Å². The van der Waals surface area contributed by atoms with Gasteiger partial charge in [-0.3, -0.25) is 0 Å². The number of aryl methyl sites for hydroxylation is 1. The van der Waals surface area contributed by atoms with E-state index in [1.165, 1.54) is 10.5 Å². The number of pyridine rings is 1. The fraction of sp³-hybridized carbons (Fsp3) is 0.250. The number of piperidine rings is 1. The van der Waals surface area contributed by atoms with Crippen LogP contribution in [0.1, 0.15) is 24.2 Å². The summed E-state index contributed by atoms with van der Waals surface area (Å²) in [6, 6.07) is 14.2. The fourth-order valence-electron chi connectivity index (χ4n) is 2.67. The first-order valence-electron chi connectivity index (χ1n) is 8.44. The first kappa shape index (κ1) is 17.7. The Morgan fingerprint density at radius 1 is 1.16 bits per heavy atom. The molecule has 0 spiro atoms. The lowest BCUT2D eigenvalue weighted by molar-refractivity contribution is -0.586. The van der Waals surface area contributed by atoms with E-state index in [1.807, 2.05) is 37.3 Å². The predicted octanol–water partition coefficient (Wildman–Crippen LogP) is 2.54. The summed E-state index contributed by atoms with van der Waals surface area (Å²) < 4.78 is 2.40. The molecule has 0 unspecified atom stereocenters. The summed E-state index contributed by atoms with van der Waals surface area (Å²) in [5.41, 5.74) is 6.01. The minimum absolute atomic E-state index is 0.833. The van der Waals surface area contributed by atoms with E-state index in [-0.39, 0.29) is 0 Å². The molecule has 0 bridgehead atoms. The first-order valence-corrected chi connectivity index (χ1v) is 9.22. The summed E-state index contributed by atoms with van der Waals surface area (Å²) >= 11 is 1.79. The van der Waals surface area contributed by atoms with Crippen molar-refractivity contribution in [1.29, 1.82) is 0 Å². The molecule has 0 saturated carbocycles. The van der Waals surface area contributed by atoms with E-state index in [0.717, 1.165) is 43.0 Å².